The summed E-state index contributed by atoms with van der Waals surface area (Å²) in [6.07, 6.45) is 0.867. The molecule has 0 saturated carbocycles. The zero-order valence-corrected chi connectivity index (χ0v) is 17.3. The minimum atomic E-state index is -0.592. The van der Waals surface area contributed by atoms with Crippen molar-refractivity contribution in [2.24, 2.45) is 0 Å². The molecule has 0 aliphatic heterocycles. The number of carbonyl (C=O) groups excluding carboxylic acids is 1. The zero-order chi connectivity index (χ0) is 20.0. The molecule has 0 aliphatic carbocycles. The second-order valence-corrected chi connectivity index (χ2v) is 7.02. The first-order valence-corrected chi connectivity index (χ1v) is 9.38. The van der Waals surface area contributed by atoms with Gasteiger partial charge in [-0.05, 0) is 64.9 Å². The number of carbonyl (C=O) groups is 1. The van der Waals surface area contributed by atoms with Gasteiger partial charge in [0.25, 0.3) is 11.6 Å². The molecule has 0 radical (unpaired) electrons. The summed E-state index contributed by atoms with van der Waals surface area (Å²) in [5.41, 5.74) is 0.221. The van der Waals surface area contributed by atoms with Crippen molar-refractivity contribution in [2.75, 3.05) is 11.9 Å². The lowest BCUT2D eigenvalue weighted by atomic mass is 10.2. The predicted octanol–water partition coefficient (Wildman–Crippen LogP) is 4.93. The monoisotopic (exact) mass is 471 g/mol. The lowest BCUT2D eigenvalue weighted by molar-refractivity contribution is -0.383. The van der Waals surface area contributed by atoms with Crippen LogP contribution >= 0.6 is 39.7 Å². The largest absolute Gasteiger partial charge is 0.492 e. The summed E-state index contributed by atoms with van der Waals surface area (Å²) in [7, 11) is 0. The average Bonchev–Trinajstić information content (AvgIpc) is 2.61. The van der Waals surface area contributed by atoms with Crippen LogP contribution in [0.1, 0.15) is 23.7 Å². The van der Waals surface area contributed by atoms with Crippen LogP contribution in [0.15, 0.2) is 40.9 Å². The summed E-state index contributed by atoms with van der Waals surface area (Å²) in [6.45, 7) is 2.56. The van der Waals surface area contributed by atoms with Gasteiger partial charge in [0.05, 0.1) is 16.0 Å². The highest BCUT2D eigenvalue weighted by atomic mass is 79.9. The SMILES string of the molecule is CCCOc1ccc(C(=O)NC(=S)Nc2ccc(Cl)cc2[N+](=O)[O-])cc1Br. The molecule has 1 amide bonds. The highest BCUT2D eigenvalue weighted by Crippen LogP contribution is 2.28. The van der Waals surface area contributed by atoms with Crippen molar-refractivity contribution in [3.05, 3.63) is 61.6 Å². The Morgan fingerprint density at radius 2 is 2.07 bits per heavy atom. The van der Waals surface area contributed by atoms with E-state index in [1.165, 1.54) is 18.2 Å². The second kappa shape index (κ2) is 9.63. The molecule has 27 heavy (non-hydrogen) atoms. The minimum absolute atomic E-state index is 0.0761. The highest BCUT2D eigenvalue weighted by molar-refractivity contribution is 9.10. The second-order valence-electron chi connectivity index (χ2n) is 5.32. The number of nitrogens with zero attached hydrogens (tertiary/aromatic N) is 1. The zero-order valence-electron chi connectivity index (χ0n) is 14.1. The van der Waals surface area contributed by atoms with E-state index in [0.29, 0.717) is 22.4 Å². The van der Waals surface area contributed by atoms with Gasteiger partial charge in [-0.15, -0.1) is 0 Å². The van der Waals surface area contributed by atoms with E-state index in [-0.39, 0.29) is 21.5 Å². The van der Waals surface area contributed by atoms with Crippen molar-refractivity contribution < 1.29 is 14.5 Å². The van der Waals surface area contributed by atoms with E-state index in [2.05, 4.69) is 26.6 Å². The molecule has 2 N–H and O–H groups in total. The van der Waals surface area contributed by atoms with E-state index in [9.17, 15) is 14.9 Å². The third kappa shape index (κ3) is 5.88. The number of hydrogen-bond donors (Lipinski definition) is 2. The van der Waals surface area contributed by atoms with Crippen molar-refractivity contribution in [3.8, 4) is 5.75 Å². The van der Waals surface area contributed by atoms with Gasteiger partial charge in [0, 0.05) is 16.7 Å². The molecule has 142 valence electrons. The number of anilines is 1. The molecule has 10 heteroatoms. The van der Waals surface area contributed by atoms with Crippen LogP contribution in [-0.4, -0.2) is 22.5 Å². The number of amides is 1. The average molecular weight is 473 g/mol. The van der Waals surface area contributed by atoms with Gasteiger partial charge in [0.15, 0.2) is 5.11 Å². The molecule has 2 aromatic carbocycles. The number of nitro benzene ring substituents is 1. The number of benzene rings is 2. The van der Waals surface area contributed by atoms with Crippen molar-refractivity contribution in [2.45, 2.75) is 13.3 Å². The van der Waals surface area contributed by atoms with Gasteiger partial charge in [-0.2, -0.15) is 0 Å². The summed E-state index contributed by atoms with van der Waals surface area (Å²) in [4.78, 5) is 22.9. The molecule has 2 rings (SSSR count). The third-order valence-electron chi connectivity index (χ3n) is 3.29. The Hall–Kier alpha value is -2.23. The van der Waals surface area contributed by atoms with Gasteiger partial charge in [-0.25, -0.2) is 0 Å². The number of halogens is 2. The molecule has 0 atom stereocenters. The van der Waals surface area contributed by atoms with Gasteiger partial charge < -0.3 is 10.1 Å². The smallest absolute Gasteiger partial charge is 0.294 e. The maximum absolute atomic E-state index is 12.3. The Bertz CT molecular complexity index is 894. The predicted molar refractivity (Wildman–Crippen MR) is 112 cm³/mol. The van der Waals surface area contributed by atoms with Crippen LogP contribution in [0.4, 0.5) is 11.4 Å². The maximum atomic E-state index is 12.3. The molecule has 0 saturated heterocycles. The topological polar surface area (TPSA) is 93.5 Å². The van der Waals surface area contributed by atoms with E-state index in [1.54, 1.807) is 18.2 Å². The molecule has 0 heterocycles. The number of thiocarbonyl (C=S) groups is 1. The minimum Gasteiger partial charge on any atom is -0.492 e. The number of rotatable bonds is 6. The van der Waals surface area contributed by atoms with Crippen LogP contribution in [0.25, 0.3) is 0 Å². The third-order valence-corrected chi connectivity index (χ3v) is 4.35. The summed E-state index contributed by atoms with van der Waals surface area (Å²) >= 11 is 14.2. The van der Waals surface area contributed by atoms with Crippen LogP contribution in [-0.2, 0) is 0 Å². The summed E-state index contributed by atoms with van der Waals surface area (Å²) in [5.74, 6) is 0.165. The van der Waals surface area contributed by atoms with Gasteiger partial charge in [0.2, 0.25) is 0 Å². The van der Waals surface area contributed by atoms with Gasteiger partial charge in [0.1, 0.15) is 11.4 Å². The lowest BCUT2D eigenvalue weighted by Gasteiger charge is -2.11. The van der Waals surface area contributed by atoms with Crippen LogP contribution < -0.4 is 15.4 Å². The van der Waals surface area contributed by atoms with Crippen molar-refractivity contribution in [1.82, 2.24) is 5.32 Å². The molecular weight excluding hydrogens is 458 g/mol. The number of ether oxygens (including phenoxy) is 1. The number of nitro groups is 1. The first kappa shape index (κ1) is 21.1. The Kier molecular flexibility index (Phi) is 7.52. The number of hydrogen-bond acceptors (Lipinski definition) is 5. The van der Waals surface area contributed by atoms with Gasteiger partial charge in [-0.3, -0.25) is 20.2 Å². The first-order valence-electron chi connectivity index (χ1n) is 7.80. The van der Waals surface area contributed by atoms with E-state index in [4.69, 9.17) is 28.6 Å². The summed E-state index contributed by atoms with van der Waals surface area (Å²) < 4.78 is 6.17. The molecule has 0 aromatic heterocycles. The first-order chi connectivity index (χ1) is 12.8. The van der Waals surface area contributed by atoms with E-state index in [1.807, 2.05) is 6.92 Å². The van der Waals surface area contributed by atoms with Crippen molar-refractivity contribution in [1.29, 1.82) is 0 Å². The Labute approximate surface area is 174 Å². The van der Waals surface area contributed by atoms with Crippen molar-refractivity contribution in [3.63, 3.8) is 0 Å². The Balaban J connectivity index is 2.07. The van der Waals surface area contributed by atoms with E-state index in [0.717, 1.165) is 6.42 Å². The molecule has 0 bridgehead atoms. The highest BCUT2D eigenvalue weighted by Gasteiger charge is 2.17. The molecule has 0 spiro atoms. The van der Waals surface area contributed by atoms with Gasteiger partial charge >= 0.3 is 0 Å². The summed E-state index contributed by atoms with van der Waals surface area (Å²) in [5, 5.41) is 16.4. The molecule has 0 aliphatic rings. The Morgan fingerprint density at radius 3 is 2.70 bits per heavy atom. The fourth-order valence-electron chi connectivity index (χ4n) is 2.06. The standard InChI is InChI=1S/C17H15BrClN3O4S/c1-2-7-26-15-6-3-10(8-12(15)18)16(23)21-17(27)20-13-5-4-11(19)9-14(13)22(24)25/h3-6,8-9H,2,7H2,1H3,(H2,20,21,23,27). The molecule has 7 nitrogen and oxygen atoms in total. The van der Waals surface area contributed by atoms with Crippen LogP contribution in [0.3, 0.4) is 0 Å². The van der Waals surface area contributed by atoms with Crippen LogP contribution in [0, 0.1) is 10.1 Å². The number of nitrogens with one attached hydrogen (secondary N) is 2. The fraction of sp³-hybridized carbons (Fsp3) is 0.176. The molecule has 0 fully saturated rings. The molecule has 0 unspecified atom stereocenters. The maximum Gasteiger partial charge on any atom is 0.294 e. The molecule has 2 aromatic rings. The summed E-state index contributed by atoms with van der Waals surface area (Å²) in [6, 6.07) is 8.96. The Morgan fingerprint density at radius 1 is 1.33 bits per heavy atom. The molecular formula is C17H15BrClN3O4S. The van der Waals surface area contributed by atoms with Crippen LogP contribution in [0.5, 0.6) is 5.75 Å². The van der Waals surface area contributed by atoms with E-state index < -0.39 is 10.8 Å². The van der Waals surface area contributed by atoms with Crippen LogP contribution in [0.2, 0.25) is 5.02 Å². The van der Waals surface area contributed by atoms with E-state index >= 15 is 0 Å². The lowest BCUT2D eigenvalue weighted by Crippen LogP contribution is -2.34. The van der Waals surface area contributed by atoms with Crippen molar-refractivity contribution >= 4 is 62.1 Å². The fourth-order valence-corrected chi connectivity index (χ4v) is 2.92. The van der Waals surface area contributed by atoms with Gasteiger partial charge in [-0.1, -0.05) is 18.5 Å². The quantitative estimate of drug-likeness (QED) is 0.352. The normalized spacial score (nSPS) is 10.2.